The molecule has 1 fully saturated rings. The van der Waals surface area contributed by atoms with E-state index in [1.165, 1.54) is 67.2 Å². The van der Waals surface area contributed by atoms with E-state index < -0.39 is 17.5 Å². The van der Waals surface area contributed by atoms with Crippen LogP contribution in [-0.2, 0) is 6.54 Å². The normalized spacial score (nSPS) is 14.7. The van der Waals surface area contributed by atoms with Gasteiger partial charge in [0.25, 0.3) is 5.91 Å². The lowest BCUT2D eigenvalue weighted by molar-refractivity contribution is 0.0946. The van der Waals surface area contributed by atoms with Crippen molar-refractivity contribution in [2.45, 2.75) is 44.6 Å². The van der Waals surface area contributed by atoms with E-state index in [1.54, 1.807) is 6.20 Å². The van der Waals surface area contributed by atoms with E-state index in [0.717, 1.165) is 10.4 Å². The van der Waals surface area contributed by atoms with Crippen molar-refractivity contribution in [3.63, 3.8) is 0 Å². The smallest absolute Gasteiger partial charge is 0.271 e. The number of benzene rings is 2. The van der Waals surface area contributed by atoms with E-state index in [4.69, 9.17) is 0 Å². The number of carbonyl (C=O) groups is 1. The van der Waals surface area contributed by atoms with Crippen LogP contribution in [0.5, 0.6) is 0 Å². The number of fused-ring (bicyclic) bond motifs is 1. The zero-order chi connectivity index (χ0) is 22.1. The molecule has 164 valence electrons. The highest BCUT2D eigenvalue weighted by Gasteiger charge is 2.17. The summed E-state index contributed by atoms with van der Waals surface area (Å²) in [7, 11) is 0. The molecule has 1 aliphatic carbocycles. The molecular formula is C25H23F2N3OS. The van der Waals surface area contributed by atoms with Gasteiger partial charge < -0.3 is 5.32 Å². The van der Waals surface area contributed by atoms with Gasteiger partial charge in [-0.3, -0.25) is 9.20 Å². The maximum Gasteiger partial charge on any atom is 0.271 e. The van der Waals surface area contributed by atoms with Crippen LogP contribution in [0, 0.1) is 11.6 Å². The van der Waals surface area contributed by atoms with Crippen molar-refractivity contribution >= 4 is 22.2 Å². The third-order valence-corrected chi connectivity index (χ3v) is 7.19. The van der Waals surface area contributed by atoms with Gasteiger partial charge in [0.2, 0.25) is 0 Å². The second kappa shape index (κ2) is 8.82. The van der Waals surface area contributed by atoms with Gasteiger partial charge >= 0.3 is 0 Å². The van der Waals surface area contributed by atoms with Crippen molar-refractivity contribution in [1.82, 2.24) is 14.7 Å². The second-order valence-corrected chi connectivity index (χ2v) is 9.26. The van der Waals surface area contributed by atoms with Gasteiger partial charge in [-0.15, -0.1) is 0 Å². The molecule has 0 saturated heterocycles. The summed E-state index contributed by atoms with van der Waals surface area (Å²) in [6.07, 6.45) is 10.1. The lowest BCUT2D eigenvalue weighted by Crippen LogP contribution is -2.24. The average molecular weight is 452 g/mol. The minimum Gasteiger partial charge on any atom is -0.346 e. The molecule has 0 bridgehead atoms. The van der Waals surface area contributed by atoms with Crippen molar-refractivity contribution in [3.05, 3.63) is 83.3 Å². The molecule has 2 aromatic heterocycles. The van der Waals surface area contributed by atoms with Gasteiger partial charge in [-0.2, -0.15) is 0 Å². The van der Waals surface area contributed by atoms with Crippen LogP contribution in [0.15, 0.2) is 54.9 Å². The molecular weight excluding hydrogens is 428 g/mol. The standard InChI is InChI=1S/C25H23F2N3OS/c26-20-7-4-8-21(27)19(20)13-28-24(31)22-14-30-15-23(32-25(30)29-22)18-11-9-17(10-12-18)16-5-2-1-3-6-16/h4,7-12,14-16H,1-3,5-6,13H2,(H,28,31). The topological polar surface area (TPSA) is 46.4 Å². The zero-order valence-electron chi connectivity index (χ0n) is 17.5. The van der Waals surface area contributed by atoms with Crippen LogP contribution >= 0.6 is 11.3 Å². The summed E-state index contributed by atoms with van der Waals surface area (Å²) in [5, 5.41) is 2.54. The number of halogens is 2. The van der Waals surface area contributed by atoms with Crippen LogP contribution in [-0.4, -0.2) is 15.3 Å². The predicted molar refractivity (Wildman–Crippen MR) is 122 cm³/mol. The first kappa shape index (κ1) is 20.8. The zero-order valence-corrected chi connectivity index (χ0v) is 18.3. The first-order valence-corrected chi connectivity index (χ1v) is 11.7. The largest absolute Gasteiger partial charge is 0.346 e. The lowest BCUT2D eigenvalue weighted by atomic mass is 9.84. The molecule has 2 aromatic carbocycles. The highest BCUT2D eigenvalue weighted by atomic mass is 32.1. The minimum absolute atomic E-state index is 0.166. The Morgan fingerprint density at radius 1 is 1.03 bits per heavy atom. The van der Waals surface area contributed by atoms with Crippen LogP contribution < -0.4 is 5.32 Å². The molecule has 0 atom stereocenters. The fraction of sp³-hybridized carbons (Fsp3) is 0.280. The average Bonchev–Trinajstić information content (AvgIpc) is 3.39. The summed E-state index contributed by atoms with van der Waals surface area (Å²) < 4.78 is 29.3. The number of hydrogen-bond acceptors (Lipinski definition) is 3. The summed E-state index contributed by atoms with van der Waals surface area (Å²) >= 11 is 1.50. The van der Waals surface area contributed by atoms with E-state index >= 15 is 0 Å². The number of aromatic nitrogens is 2. The number of carbonyl (C=O) groups excluding carboxylic acids is 1. The lowest BCUT2D eigenvalue weighted by Gasteiger charge is -2.22. The van der Waals surface area contributed by atoms with Crippen molar-refractivity contribution in [2.75, 3.05) is 0 Å². The molecule has 1 aliphatic rings. The van der Waals surface area contributed by atoms with E-state index in [2.05, 4.69) is 34.6 Å². The molecule has 5 rings (SSSR count). The Hall–Kier alpha value is -3.06. The highest BCUT2D eigenvalue weighted by molar-refractivity contribution is 7.20. The summed E-state index contributed by atoms with van der Waals surface area (Å²) in [6, 6.07) is 12.4. The second-order valence-electron chi connectivity index (χ2n) is 8.25. The Morgan fingerprint density at radius 3 is 2.44 bits per heavy atom. The summed E-state index contributed by atoms with van der Waals surface area (Å²) in [5.41, 5.74) is 2.59. The molecule has 7 heteroatoms. The summed E-state index contributed by atoms with van der Waals surface area (Å²) in [6.45, 7) is -0.235. The molecule has 2 heterocycles. The predicted octanol–water partition coefficient (Wildman–Crippen LogP) is 6.32. The number of imidazole rings is 1. The fourth-order valence-corrected chi connectivity index (χ4v) is 5.33. The third kappa shape index (κ3) is 4.17. The summed E-state index contributed by atoms with van der Waals surface area (Å²) in [4.78, 5) is 18.6. The Balaban J connectivity index is 1.28. The molecule has 0 aliphatic heterocycles. The number of rotatable bonds is 5. The highest BCUT2D eigenvalue weighted by Crippen LogP contribution is 2.35. The molecule has 0 radical (unpaired) electrons. The number of nitrogens with zero attached hydrogens (tertiary/aromatic N) is 2. The van der Waals surface area contributed by atoms with Crippen LogP contribution in [0.4, 0.5) is 8.78 Å². The van der Waals surface area contributed by atoms with Crippen LogP contribution in [0.25, 0.3) is 15.4 Å². The fourth-order valence-electron chi connectivity index (χ4n) is 4.35. The maximum atomic E-state index is 13.7. The van der Waals surface area contributed by atoms with Crippen molar-refractivity contribution in [1.29, 1.82) is 0 Å². The maximum absolute atomic E-state index is 13.7. The first-order chi connectivity index (χ1) is 15.6. The van der Waals surface area contributed by atoms with Crippen LogP contribution in [0.2, 0.25) is 0 Å². The van der Waals surface area contributed by atoms with Gasteiger partial charge in [-0.1, -0.05) is 60.9 Å². The molecule has 32 heavy (non-hydrogen) atoms. The molecule has 4 nitrogen and oxygen atoms in total. The third-order valence-electron chi connectivity index (χ3n) is 6.15. The van der Waals surface area contributed by atoms with Gasteiger partial charge in [0.1, 0.15) is 17.3 Å². The van der Waals surface area contributed by atoms with E-state index in [0.29, 0.717) is 10.9 Å². The monoisotopic (exact) mass is 451 g/mol. The Labute approximate surface area is 188 Å². The van der Waals surface area contributed by atoms with Gasteiger partial charge in [-0.25, -0.2) is 13.8 Å². The Bertz CT molecular complexity index is 1200. The van der Waals surface area contributed by atoms with E-state index in [1.807, 2.05) is 10.6 Å². The Kier molecular flexibility index (Phi) is 5.74. The van der Waals surface area contributed by atoms with E-state index in [9.17, 15) is 13.6 Å². The summed E-state index contributed by atoms with van der Waals surface area (Å²) in [5.74, 6) is -1.16. The Morgan fingerprint density at radius 2 is 1.75 bits per heavy atom. The molecule has 1 N–H and O–H groups in total. The SMILES string of the molecule is O=C(NCc1c(F)cccc1F)c1cn2cc(-c3ccc(C4CCCCC4)cc3)sc2n1. The van der Waals surface area contributed by atoms with Gasteiger partial charge in [0.15, 0.2) is 4.96 Å². The quantitative estimate of drug-likeness (QED) is 0.386. The van der Waals surface area contributed by atoms with Gasteiger partial charge in [-0.05, 0) is 42.0 Å². The number of hydrogen-bond donors (Lipinski definition) is 1. The van der Waals surface area contributed by atoms with Crippen molar-refractivity contribution < 1.29 is 13.6 Å². The van der Waals surface area contributed by atoms with Gasteiger partial charge in [0.05, 0.1) is 4.88 Å². The molecule has 1 amide bonds. The molecule has 0 unspecified atom stereocenters. The number of amides is 1. The number of nitrogens with one attached hydrogen (secondary N) is 1. The molecule has 0 spiro atoms. The van der Waals surface area contributed by atoms with Crippen molar-refractivity contribution in [2.24, 2.45) is 0 Å². The first-order valence-electron chi connectivity index (χ1n) is 10.9. The van der Waals surface area contributed by atoms with Crippen LogP contribution in [0.3, 0.4) is 0 Å². The molecule has 1 saturated carbocycles. The van der Waals surface area contributed by atoms with Gasteiger partial charge in [0, 0.05) is 24.5 Å². The minimum atomic E-state index is -0.685. The van der Waals surface area contributed by atoms with Crippen molar-refractivity contribution in [3.8, 4) is 10.4 Å². The van der Waals surface area contributed by atoms with Crippen LogP contribution in [0.1, 0.15) is 59.6 Å². The molecule has 4 aromatic rings. The van der Waals surface area contributed by atoms with E-state index in [-0.39, 0.29) is 17.8 Å². The number of thiazole rings is 1.